The third-order valence-electron chi connectivity index (χ3n) is 5.15. The summed E-state index contributed by atoms with van der Waals surface area (Å²) >= 11 is 1.36. The van der Waals surface area contributed by atoms with Crippen molar-refractivity contribution in [3.05, 3.63) is 53.4 Å². The molecule has 0 spiro atoms. The topological polar surface area (TPSA) is 138 Å². The van der Waals surface area contributed by atoms with Crippen molar-refractivity contribution in [3.63, 3.8) is 0 Å². The first-order valence-electron chi connectivity index (χ1n) is 10.7. The average molecular weight is 501 g/mol. The van der Waals surface area contributed by atoms with E-state index in [1.807, 2.05) is 0 Å². The molecular weight excluding hydrogens is 477 g/mol. The molecule has 1 aliphatic heterocycles. The van der Waals surface area contributed by atoms with Gasteiger partial charge in [-0.2, -0.15) is 0 Å². The second-order valence-corrected chi connectivity index (χ2v) is 8.56. The first-order valence-corrected chi connectivity index (χ1v) is 11.6. The predicted octanol–water partition coefficient (Wildman–Crippen LogP) is 1.76. The molecule has 0 radical (unpaired) electrons. The SMILES string of the molecule is CC(=O)NC[C@H]1CN(c2ccc(-c3ccc(-c4nc(COC(=O)C[NH3+])cs4)nc3)c(F)c2)C(=O)O1. The number of ether oxygens (including phenoxy) is 2. The molecule has 3 heterocycles. The van der Waals surface area contributed by atoms with Gasteiger partial charge in [0.2, 0.25) is 5.91 Å². The third-order valence-corrected chi connectivity index (χ3v) is 6.06. The molecule has 1 aromatic carbocycles. The summed E-state index contributed by atoms with van der Waals surface area (Å²) in [6.45, 7) is 1.90. The minimum atomic E-state index is -0.595. The summed E-state index contributed by atoms with van der Waals surface area (Å²) in [5.74, 6) is -1.14. The van der Waals surface area contributed by atoms with Crippen LogP contribution in [0.3, 0.4) is 0 Å². The van der Waals surface area contributed by atoms with Gasteiger partial charge in [-0.15, -0.1) is 11.3 Å². The van der Waals surface area contributed by atoms with E-state index in [0.29, 0.717) is 33.2 Å². The lowest BCUT2D eigenvalue weighted by Crippen LogP contribution is -2.54. The van der Waals surface area contributed by atoms with Crippen LogP contribution in [0.2, 0.25) is 0 Å². The molecular formula is C23H23FN5O5S+. The Bertz CT molecular complexity index is 1250. The van der Waals surface area contributed by atoms with E-state index in [1.165, 1.54) is 29.2 Å². The van der Waals surface area contributed by atoms with Gasteiger partial charge in [-0.3, -0.25) is 14.7 Å². The van der Waals surface area contributed by atoms with E-state index in [1.54, 1.807) is 35.8 Å². The van der Waals surface area contributed by atoms with Crippen LogP contribution in [0.5, 0.6) is 0 Å². The highest BCUT2D eigenvalue weighted by molar-refractivity contribution is 7.13. The fourth-order valence-electron chi connectivity index (χ4n) is 3.40. The number of quaternary nitrogens is 1. The number of rotatable bonds is 8. The number of nitrogens with zero attached hydrogens (tertiary/aromatic N) is 3. The highest BCUT2D eigenvalue weighted by atomic mass is 32.1. The molecule has 2 amide bonds. The fraction of sp³-hybridized carbons (Fsp3) is 0.261. The summed E-state index contributed by atoms with van der Waals surface area (Å²) in [6, 6.07) is 7.95. The maximum atomic E-state index is 15.0. The number of halogens is 1. The van der Waals surface area contributed by atoms with E-state index >= 15 is 0 Å². The van der Waals surface area contributed by atoms with Crippen molar-refractivity contribution in [1.82, 2.24) is 15.3 Å². The number of aromatic nitrogens is 2. The zero-order chi connectivity index (χ0) is 24.9. The van der Waals surface area contributed by atoms with Crippen molar-refractivity contribution in [1.29, 1.82) is 0 Å². The normalized spacial score (nSPS) is 15.1. The minimum absolute atomic E-state index is 0.0544. The number of hydrogen-bond donors (Lipinski definition) is 2. The standard InChI is InChI=1S/C23H22FN5O5S/c1-13(30)26-9-17-10-29(23(32)34-17)16-3-4-18(19(24)6-16)14-2-5-20(27-8-14)22-28-15(12-35-22)11-33-21(31)7-25/h2-6,8,12,17H,7,9-11,25H2,1H3,(H,26,30)/p+1/t17-/m0/s1. The second-order valence-electron chi connectivity index (χ2n) is 7.70. The number of thiazole rings is 1. The quantitative estimate of drug-likeness (QED) is 0.450. The second kappa shape index (κ2) is 10.6. The Labute approximate surface area is 203 Å². The molecule has 4 rings (SSSR count). The molecule has 1 aliphatic rings. The molecule has 35 heavy (non-hydrogen) atoms. The molecule has 0 aliphatic carbocycles. The Morgan fingerprint density at radius 2 is 2.17 bits per heavy atom. The summed E-state index contributed by atoms with van der Waals surface area (Å²) in [6.07, 6.45) is 0.445. The Morgan fingerprint density at radius 3 is 2.86 bits per heavy atom. The van der Waals surface area contributed by atoms with Crippen LogP contribution < -0.4 is 16.0 Å². The van der Waals surface area contributed by atoms with E-state index in [9.17, 15) is 18.8 Å². The summed E-state index contributed by atoms with van der Waals surface area (Å²) in [5, 5.41) is 5.03. The average Bonchev–Trinajstić information content (AvgIpc) is 3.48. The van der Waals surface area contributed by atoms with E-state index in [4.69, 9.17) is 9.47 Å². The lowest BCUT2D eigenvalue weighted by Gasteiger charge is -2.14. The highest BCUT2D eigenvalue weighted by Gasteiger charge is 2.32. The van der Waals surface area contributed by atoms with Crippen LogP contribution in [0.15, 0.2) is 41.9 Å². The molecule has 4 N–H and O–H groups in total. The Morgan fingerprint density at radius 1 is 1.34 bits per heavy atom. The van der Waals surface area contributed by atoms with Crippen molar-refractivity contribution in [3.8, 4) is 21.8 Å². The number of pyridine rings is 1. The lowest BCUT2D eigenvalue weighted by atomic mass is 10.1. The van der Waals surface area contributed by atoms with Crippen molar-refractivity contribution in [2.75, 3.05) is 24.5 Å². The molecule has 0 saturated carbocycles. The number of carbonyl (C=O) groups is 3. The monoisotopic (exact) mass is 500 g/mol. The molecule has 1 fully saturated rings. The van der Waals surface area contributed by atoms with Gasteiger partial charge in [-0.1, -0.05) is 6.07 Å². The van der Waals surface area contributed by atoms with Crippen LogP contribution in [0.1, 0.15) is 12.6 Å². The summed E-state index contributed by atoms with van der Waals surface area (Å²) < 4.78 is 25.2. The molecule has 0 unspecified atom stereocenters. The van der Waals surface area contributed by atoms with Crippen molar-refractivity contribution >= 4 is 35.0 Å². The van der Waals surface area contributed by atoms with Crippen molar-refractivity contribution < 1.29 is 34.0 Å². The maximum absolute atomic E-state index is 15.0. The smallest absolute Gasteiger partial charge is 0.414 e. The number of amides is 2. The molecule has 10 nitrogen and oxygen atoms in total. The van der Waals surface area contributed by atoms with E-state index < -0.39 is 24.0 Å². The number of carbonyl (C=O) groups excluding carboxylic acids is 3. The van der Waals surface area contributed by atoms with Gasteiger partial charge in [0.25, 0.3) is 0 Å². The van der Waals surface area contributed by atoms with Crippen LogP contribution in [-0.2, 0) is 25.7 Å². The van der Waals surface area contributed by atoms with Crippen LogP contribution in [0.4, 0.5) is 14.9 Å². The van der Waals surface area contributed by atoms with Gasteiger partial charge in [0.05, 0.1) is 30.2 Å². The molecule has 1 atom stereocenters. The first-order chi connectivity index (χ1) is 16.8. The van der Waals surface area contributed by atoms with Crippen LogP contribution in [0.25, 0.3) is 21.8 Å². The van der Waals surface area contributed by atoms with Gasteiger partial charge in [-0.25, -0.2) is 19.0 Å². The van der Waals surface area contributed by atoms with E-state index in [0.717, 1.165) is 0 Å². The molecule has 3 aromatic rings. The number of nitrogens with one attached hydrogen (secondary N) is 1. The van der Waals surface area contributed by atoms with Crippen molar-refractivity contribution in [2.45, 2.75) is 19.6 Å². The summed E-state index contributed by atoms with van der Waals surface area (Å²) in [5.41, 5.74) is 5.94. The maximum Gasteiger partial charge on any atom is 0.414 e. The Hall–Kier alpha value is -3.90. The molecule has 2 aromatic heterocycles. The van der Waals surface area contributed by atoms with Gasteiger partial charge in [0, 0.05) is 29.6 Å². The number of cyclic esters (lactones) is 1. The number of esters is 1. The molecule has 12 heteroatoms. The van der Waals surface area contributed by atoms with Gasteiger partial charge in [-0.05, 0) is 24.3 Å². The van der Waals surface area contributed by atoms with E-state index in [-0.39, 0.29) is 32.1 Å². The predicted molar refractivity (Wildman–Crippen MR) is 125 cm³/mol. The zero-order valence-electron chi connectivity index (χ0n) is 18.8. The Balaban J connectivity index is 1.44. The van der Waals surface area contributed by atoms with Gasteiger partial charge in [0.15, 0.2) is 6.54 Å². The number of hydrogen-bond acceptors (Lipinski definition) is 8. The van der Waals surface area contributed by atoms with Gasteiger partial charge in [0.1, 0.15) is 23.5 Å². The van der Waals surface area contributed by atoms with Crippen LogP contribution >= 0.6 is 11.3 Å². The van der Waals surface area contributed by atoms with Crippen molar-refractivity contribution in [2.24, 2.45) is 0 Å². The largest absolute Gasteiger partial charge is 0.455 e. The molecule has 0 bridgehead atoms. The van der Waals surface area contributed by atoms with Crippen LogP contribution in [-0.4, -0.2) is 53.7 Å². The zero-order valence-corrected chi connectivity index (χ0v) is 19.6. The van der Waals surface area contributed by atoms with Crippen LogP contribution in [0, 0.1) is 5.82 Å². The Kier molecular flexibility index (Phi) is 7.32. The summed E-state index contributed by atoms with van der Waals surface area (Å²) in [7, 11) is 0. The lowest BCUT2D eigenvalue weighted by molar-refractivity contribution is -0.360. The summed E-state index contributed by atoms with van der Waals surface area (Å²) in [4.78, 5) is 44.6. The fourth-order valence-corrected chi connectivity index (χ4v) is 4.18. The number of benzene rings is 1. The molecule has 1 saturated heterocycles. The third kappa shape index (κ3) is 5.78. The highest BCUT2D eigenvalue weighted by Crippen LogP contribution is 2.30. The minimum Gasteiger partial charge on any atom is -0.455 e. The first kappa shape index (κ1) is 24.2. The van der Waals surface area contributed by atoms with Gasteiger partial charge < -0.3 is 20.5 Å². The number of anilines is 1. The molecule has 182 valence electrons. The van der Waals surface area contributed by atoms with Gasteiger partial charge >= 0.3 is 12.1 Å². The van der Waals surface area contributed by atoms with E-state index in [2.05, 4.69) is 21.0 Å².